The van der Waals surface area contributed by atoms with Gasteiger partial charge in [0.15, 0.2) is 15.0 Å². The molecule has 2 aromatic rings. The number of carbonyl (C=O) groups excluding carboxylic acids is 1. The van der Waals surface area contributed by atoms with Gasteiger partial charge in [0.1, 0.15) is 0 Å². The van der Waals surface area contributed by atoms with Gasteiger partial charge in [-0.2, -0.15) is 0 Å². The summed E-state index contributed by atoms with van der Waals surface area (Å²) in [6.45, 7) is 6.25. The highest BCUT2D eigenvalue weighted by Gasteiger charge is 2.22. The maximum atomic E-state index is 12.3. The number of nitrogens with one attached hydrogen (secondary N) is 1. The van der Waals surface area contributed by atoms with Gasteiger partial charge < -0.3 is 5.32 Å². The number of fused-ring (bicyclic) bond motifs is 1. The summed E-state index contributed by atoms with van der Waals surface area (Å²) >= 11 is 1.54. The Morgan fingerprint density at radius 3 is 2.62 bits per heavy atom. The number of nitrogens with zero attached hydrogens (tertiary/aromatic N) is 2. The monoisotopic (exact) mass is 393 g/mol. The third kappa shape index (κ3) is 4.49. The maximum Gasteiger partial charge on any atom is 0.230 e. The van der Waals surface area contributed by atoms with Crippen molar-refractivity contribution in [1.82, 2.24) is 9.88 Å². The Bertz CT molecular complexity index is 902. The van der Waals surface area contributed by atoms with Gasteiger partial charge in [0.25, 0.3) is 0 Å². The molecule has 8 heteroatoms. The van der Waals surface area contributed by atoms with E-state index in [4.69, 9.17) is 0 Å². The normalized spacial score (nSPS) is 15.1. The molecule has 140 valence electrons. The van der Waals surface area contributed by atoms with Gasteiger partial charge in [-0.25, -0.2) is 13.4 Å². The van der Waals surface area contributed by atoms with Crippen LogP contribution in [-0.2, 0) is 34.0 Å². The van der Waals surface area contributed by atoms with Crippen LogP contribution in [0, 0.1) is 0 Å². The fourth-order valence-corrected chi connectivity index (χ4v) is 4.59. The Morgan fingerprint density at radius 2 is 2.00 bits per heavy atom. The first-order chi connectivity index (χ1) is 12.2. The number of hydrogen-bond donors (Lipinski definition) is 1. The zero-order valence-corrected chi connectivity index (χ0v) is 16.8. The molecule has 0 bridgehead atoms. The predicted molar refractivity (Wildman–Crippen MR) is 103 cm³/mol. The van der Waals surface area contributed by atoms with Gasteiger partial charge in [0, 0.05) is 36.7 Å². The number of rotatable bonds is 5. The van der Waals surface area contributed by atoms with E-state index in [1.165, 1.54) is 34.6 Å². The van der Waals surface area contributed by atoms with E-state index >= 15 is 0 Å². The fourth-order valence-electron chi connectivity index (χ4n) is 2.91. The van der Waals surface area contributed by atoms with Crippen molar-refractivity contribution in [2.45, 2.75) is 44.2 Å². The van der Waals surface area contributed by atoms with E-state index in [-0.39, 0.29) is 17.2 Å². The number of amides is 1. The molecule has 0 aliphatic carbocycles. The Kier molecular flexibility index (Phi) is 5.45. The van der Waals surface area contributed by atoms with E-state index in [0.717, 1.165) is 30.8 Å². The Hall–Kier alpha value is -1.77. The van der Waals surface area contributed by atoms with E-state index in [1.54, 1.807) is 12.1 Å². The molecule has 0 unspecified atom stereocenters. The molecule has 0 radical (unpaired) electrons. The Morgan fingerprint density at radius 1 is 1.31 bits per heavy atom. The highest BCUT2D eigenvalue weighted by molar-refractivity contribution is 7.90. The van der Waals surface area contributed by atoms with Crippen molar-refractivity contribution < 1.29 is 13.2 Å². The second-order valence-corrected chi connectivity index (χ2v) is 9.94. The highest BCUT2D eigenvalue weighted by Crippen LogP contribution is 2.29. The van der Waals surface area contributed by atoms with Gasteiger partial charge in [-0.1, -0.05) is 12.1 Å². The van der Waals surface area contributed by atoms with Crippen molar-refractivity contribution in [1.29, 1.82) is 0 Å². The molecule has 0 fully saturated rings. The van der Waals surface area contributed by atoms with Crippen LogP contribution in [0.5, 0.6) is 0 Å². The van der Waals surface area contributed by atoms with Crippen LogP contribution in [0.4, 0.5) is 5.13 Å². The molecule has 1 N–H and O–H groups in total. The van der Waals surface area contributed by atoms with E-state index in [2.05, 4.69) is 29.0 Å². The maximum absolute atomic E-state index is 12.3. The second-order valence-electron chi connectivity index (χ2n) is 6.84. The summed E-state index contributed by atoms with van der Waals surface area (Å²) < 4.78 is 23.0. The topological polar surface area (TPSA) is 79.4 Å². The lowest BCUT2D eigenvalue weighted by Gasteiger charge is -2.29. The first-order valence-electron chi connectivity index (χ1n) is 8.54. The smallest absolute Gasteiger partial charge is 0.230 e. The van der Waals surface area contributed by atoms with E-state index < -0.39 is 9.84 Å². The van der Waals surface area contributed by atoms with Crippen LogP contribution < -0.4 is 5.32 Å². The van der Waals surface area contributed by atoms with Crippen LogP contribution in [0.3, 0.4) is 0 Å². The first kappa shape index (κ1) is 19.0. The number of benzene rings is 1. The number of carbonyl (C=O) groups is 1. The summed E-state index contributed by atoms with van der Waals surface area (Å²) in [5, 5.41) is 3.51. The fraction of sp³-hybridized carbons (Fsp3) is 0.444. The summed E-state index contributed by atoms with van der Waals surface area (Å²) in [5.41, 5.74) is 1.85. The lowest BCUT2D eigenvalue weighted by molar-refractivity contribution is -0.115. The molecular formula is C18H23N3O3S2. The van der Waals surface area contributed by atoms with Crippen molar-refractivity contribution in [2.24, 2.45) is 0 Å². The molecule has 26 heavy (non-hydrogen) atoms. The minimum absolute atomic E-state index is 0.149. The largest absolute Gasteiger partial charge is 0.302 e. The van der Waals surface area contributed by atoms with Crippen LogP contribution in [0.25, 0.3) is 0 Å². The Labute approximate surface area is 158 Å². The third-order valence-electron chi connectivity index (χ3n) is 4.45. The molecule has 1 aliphatic heterocycles. The molecule has 1 aromatic carbocycles. The number of aromatic nitrogens is 1. The van der Waals surface area contributed by atoms with Crippen molar-refractivity contribution >= 4 is 32.2 Å². The van der Waals surface area contributed by atoms with Gasteiger partial charge in [-0.05, 0) is 31.5 Å². The second kappa shape index (κ2) is 7.46. The van der Waals surface area contributed by atoms with Gasteiger partial charge in [0.2, 0.25) is 5.91 Å². The summed E-state index contributed by atoms with van der Waals surface area (Å²) in [6, 6.07) is 6.89. The zero-order valence-electron chi connectivity index (χ0n) is 15.2. The zero-order chi connectivity index (χ0) is 18.9. The molecule has 6 nitrogen and oxygen atoms in total. The summed E-state index contributed by atoms with van der Waals surface area (Å²) in [6.07, 6.45) is 2.26. The van der Waals surface area contributed by atoms with Crippen molar-refractivity contribution in [3.63, 3.8) is 0 Å². The lowest BCUT2D eigenvalue weighted by atomic mass is 10.1. The summed E-state index contributed by atoms with van der Waals surface area (Å²) in [4.78, 5) is 20.7. The van der Waals surface area contributed by atoms with Gasteiger partial charge >= 0.3 is 0 Å². The van der Waals surface area contributed by atoms with Crippen molar-refractivity contribution in [2.75, 3.05) is 18.1 Å². The molecule has 0 saturated carbocycles. The van der Waals surface area contributed by atoms with Crippen LogP contribution in [0.2, 0.25) is 0 Å². The summed E-state index contributed by atoms with van der Waals surface area (Å²) in [5.74, 6) is -0.149. The number of hydrogen-bond acceptors (Lipinski definition) is 6. The van der Waals surface area contributed by atoms with Crippen molar-refractivity contribution in [3.8, 4) is 0 Å². The minimum Gasteiger partial charge on any atom is -0.302 e. The van der Waals surface area contributed by atoms with Crippen LogP contribution in [-0.4, -0.2) is 43.1 Å². The number of thiazole rings is 1. The average Bonchev–Trinajstić information content (AvgIpc) is 2.95. The van der Waals surface area contributed by atoms with E-state index in [0.29, 0.717) is 11.2 Å². The molecule has 0 atom stereocenters. The van der Waals surface area contributed by atoms with Gasteiger partial charge in [-0.15, -0.1) is 11.3 Å². The molecule has 0 saturated heterocycles. The predicted octanol–water partition coefficient (Wildman–Crippen LogP) is 2.49. The van der Waals surface area contributed by atoms with Crippen LogP contribution in [0.15, 0.2) is 29.2 Å². The highest BCUT2D eigenvalue weighted by atomic mass is 32.2. The lowest BCUT2D eigenvalue weighted by Crippen LogP contribution is -2.35. The summed E-state index contributed by atoms with van der Waals surface area (Å²) in [7, 11) is -3.22. The van der Waals surface area contributed by atoms with E-state index in [1.807, 2.05) is 0 Å². The molecular weight excluding hydrogens is 370 g/mol. The standard InChI is InChI=1S/C18H23N3O3S2/c1-12(2)21-9-8-15-16(11-21)25-18(19-15)20-17(22)10-13-4-6-14(7-5-13)26(3,23)24/h4-7,12H,8-11H2,1-3H3,(H,19,20,22). The quantitative estimate of drug-likeness (QED) is 0.844. The number of sulfone groups is 1. The molecule has 1 aromatic heterocycles. The molecule has 3 rings (SSSR count). The minimum atomic E-state index is -3.22. The van der Waals surface area contributed by atoms with Gasteiger partial charge in [-0.3, -0.25) is 9.69 Å². The first-order valence-corrected chi connectivity index (χ1v) is 11.2. The van der Waals surface area contributed by atoms with Crippen molar-refractivity contribution in [3.05, 3.63) is 40.4 Å². The average molecular weight is 394 g/mol. The van der Waals surface area contributed by atoms with E-state index in [9.17, 15) is 13.2 Å². The molecule has 1 aliphatic rings. The number of anilines is 1. The third-order valence-corrected chi connectivity index (χ3v) is 6.58. The SMILES string of the molecule is CC(C)N1CCc2nc(NC(=O)Cc3ccc(S(C)(=O)=O)cc3)sc2C1. The molecule has 0 spiro atoms. The van der Waals surface area contributed by atoms with Crippen LogP contribution >= 0.6 is 11.3 Å². The molecule has 1 amide bonds. The molecule has 2 heterocycles. The van der Waals surface area contributed by atoms with Crippen LogP contribution in [0.1, 0.15) is 30.0 Å². The Balaban J connectivity index is 1.62. The van der Waals surface area contributed by atoms with Gasteiger partial charge in [0.05, 0.1) is 17.0 Å².